The molecule has 0 amide bonds. The van der Waals surface area contributed by atoms with Crippen LogP contribution in [0.25, 0.3) is 0 Å². The second kappa shape index (κ2) is 6.70. The van der Waals surface area contributed by atoms with Crippen molar-refractivity contribution in [1.82, 2.24) is 0 Å². The monoisotopic (exact) mass is 461 g/mol. The molecule has 0 radical (unpaired) electrons. The summed E-state index contributed by atoms with van der Waals surface area (Å²) >= 11 is 10.1. The normalized spacial score (nSPS) is 10.2. The Morgan fingerprint density at radius 3 is 2.30 bits per heavy atom. The second-order valence-corrected chi connectivity index (χ2v) is 6.53. The van der Waals surface area contributed by atoms with Crippen molar-refractivity contribution in [3.8, 4) is 11.8 Å². The molecule has 2 aromatic rings. The molecule has 0 fully saturated rings. The van der Waals surface area contributed by atoms with E-state index in [1.54, 1.807) is 12.1 Å². The number of benzene rings is 2. The largest absolute Gasteiger partial charge is 0.486 e. The number of rotatable bonds is 3. The van der Waals surface area contributed by atoms with E-state index in [9.17, 15) is 4.39 Å². The molecule has 2 rings (SSSR count). The third kappa shape index (κ3) is 3.60. The molecule has 0 bridgehead atoms. The van der Waals surface area contributed by atoms with E-state index in [0.29, 0.717) is 11.3 Å². The number of ether oxygens (including phenoxy) is 1. The van der Waals surface area contributed by atoms with Crippen LogP contribution in [0.3, 0.4) is 0 Å². The number of hydrogen-bond acceptors (Lipinski definition) is 2. The highest BCUT2D eigenvalue weighted by atomic mass is 79.9. The minimum absolute atomic E-state index is 0.0797. The van der Waals surface area contributed by atoms with Gasteiger partial charge in [0.25, 0.3) is 0 Å². The molecule has 0 atom stereocenters. The molecule has 0 saturated heterocycles. The van der Waals surface area contributed by atoms with Gasteiger partial charge >= 0.3 is 0 Å². The molecular formula is C14H7Br3FNO. The van der Waals surface area contributed by atoms with Gasteiger partial charge in [-0.05, 0) is 56.1 Å². The van der Waals surface area contributed by atoms with Crippen molar-refractivity contribution in [3.05, 3.63) is 60.7 Å². The fourth-order valence-corrected chi connectivity index (χ4v) is 4.04. The Labute approximate surface area is 140 Å². The van der Waals surface area contributed by atoms with Gasteiger partial charge in [-0.2, -0.15) is 5.26 Å². The number of nitriles is 1. The zero-order valence-electron chi connectivity index (χ0n) is 9.96. The van der Waals surface area contributed by atoms with E-state index in [4.69, 9.17) is 10.00 Å². The fraction of sp³-hybridized carbons (Fsp3) is 0.0714. The third-order valence-corrected chi connectivity index (χ3v) is 4.15. The highest BCUT2D eigenvalue weighted by Gasteiger charge is 2.10. The van der Waals surface area contributed by atoms with Gasteiger partial charge in [-0.25, -0.2) is 4.39 Å². The summed E-state index contributed by atoms with van der Waals surface area (Å²) in [5.41, 5.74) is 0.683. The van der Waals surface area contributed by atoms with Crippen molar-refractivity contribution in [2.45, 2.75) is 6.61 Å². The van der Waals surface area contributed by atoms with Crippen LogP contribution in [0, 0.1) is 17.1 Å². The molecule has 0 spiro atoms. The van der Waals surface area contributed by atoms with E-state index in [1.165, 1.54) is 6.07 Å². The minimum atomic E-state index is -0.451. The van der Waals surface area contributed by atoms with Crippen LogP contribution in [-0.2, 0) is 6.61 Å². The molecule has 102 valence electrons. The number of nitrogens with zero attached hydrogens (tertiary/aromatic N) is 1. The summed E-state index contributed by atoms with van der Waals surface area (Å²) in [6.45, 7) is 0.0797. The van der Waals surface area contributed by atoms with E-state index in [2.05, 4.69) is 47.8 Å². The van der Waals surface area contributed by atoms with Crippen LogP contribution in [0.1, 0.15) is 11.1 Å². The summed E-state index contributed by atoms with van der Waals surface area (Å²) < 4.78 is 21.8. The number of halogens is 4. The lowest BCUT2D eigenvalue weighted by atomic mass is 10.1. The molecule has 20 heavy (non-hydrogen) atoms. The van der Waals surface area contributed by atoms with Crippen molar-refractivity contribution in [2.24, 2.45) is 0 Å². The van der Waals surface area contributed by atoms with Gasteiger partial charge in [0.2, 0.25) is 0 Å². The highest BCUT2D eigenvalue weighted by molar-refractivity contribution is 9.11. The third-order valence-electron chi connectivity index (χ3n) is 2.52. The lowest BCUT2D eigenvalue weighted by molar-refractivity contribution is 0.296. The Balaban J connectivity index is 2.20. The molecule has 0 aliphatic rings. The summed E-state index contributed by atoms with van der Waals surface area (Å²) in [7, 11) is 0. The molecule has 0 aliphatic heterocycles. The van der Waals surface area contributed by atoms with Crippen molar-refractivity contribution in [2.75, 3.05) is 0 Å². The average Bonchev–Trinajstić information content (AvgIpc) is 2.39. The maximum Gasteiger partial charge on any atom is 0.148 e. The smallest absolute Gasteiger partial charge is 0.148 e. The van der Waals surface area contributed by atoms with Gasteiger partial charge in [0.1, 0.15) is 18.2 Å². The van der Waals surface area contributed by atoms with Crippen LogP contribution in [-0.4, -0.2) is 0 Å². The minimum Gasteiger partial charge on any atom is -0.486 e. The Morgan fingerprint density at radius 1 is 1.10 bits per heavy atom. The number of hydrogen-bond donors (Lipinski definition) is 0. The molecule has 0 aliphatic carbocycles. The van der Waals surface area contributed by atoms with Gasteiger partial charge in [0.15, 0.2) is 0 Å². The van der Waals surface area contributed by atoms with Crippen LogP contribution in [0.2, 0.25) is 0 Å². The fourth-order valence-electron chi connectivity index (χ4n) is 1.55. The maximum absolute atomic E-state index is 13.7. The van der Waals surface area contributed by atoms with Gasteiger partial charge in [0.05, 0.1) is 20.6 Å². The van der Waals surface area contributed by atoms with Crippen molar-refractivity contribution in [1.29, 1.82) is 5.26 Å². The second-order valence-electron chi connectivity index (χ2n) is 3.91. The van der Waals surface area contributed by atoms with Gasteiger partial charge in [0, 0.05) is 10.0 Å². The standard InChI is InChI=1S/C14H7Br3FNO/c15-10-4-11(16)14(12(17)5-10)20-7-9-2-1-8(6-19)3-13(9)18/h1-5H,7H2. The van der Waals surface area contributed by atoms with Crippen molar-refractivity contribution < 1.29 is 9.13 Å². The summed E-state index contributed by atoms with van der Waals surface area (Å²) in [4.78, 5) is 0. The zero-order chi connectivity index (χ0) is 14.7. The summed E-state index contributed by atoms with van der Waals surface area (Å²) in [5.74, 6) is 0.144. The van der Waals surface area contributed by atoms with E-state index >= 15 is 0 Å². The van der Waals surface area contributed by atoms with Crippen LogP contribution in [0.4, 0.5) is 4.39 Å². The molecule has 0 unspecified atom stereocenters. The quantitative estimate of drug-likeness (QED) is 0.596. The van der Waals surface area contributed by atoms with Gasteiger partial charge < -0.3 is 4.74 Å². The summed E-state index contributed by atoms with van der Waals surface area (Å²) in [5, 5.41) is 8.69. The Bertz CT molecular complexity index is 674. The van der Waals surface area contributed by atoms with Crippen molar-refractivity contribution in [3.63, 3.8) is 0 Å². The van der Waals surface area contributed by atoms with Crippen LogP contribution >= 0.6 is 47.8 Å². The molecule has 2 aromatic carbocycles. The molecule has 6 heteroatoms. The molecule has 0 aromatic heterocycles. The predicted octanol–water partition coefficient (Wildman–Crippen LogP) is 5.56. The maximum atomic E-state index is 13.7. The summed E-state index contributed by atoms with van der Waals surface area (Å²) in [6.07, 6.45) is 0. The molecular weight excluding hydrogens is 457 g/mol. The predicted molar refractivity (Wildman–Crippen MR) is 85.0 cm³/mol. The van der Waals surface area contributed by atoms with E-state index in [0.717, 1.165) is 13.4 Å². The SMILES string of the molecule is N#Cc1ccc(COc2c(Br)cc(Br)cc2Br)c(F)c1. The lowest BCUT2D eigenvalue weighted by Gasteiger charge is -2.11. The molecule has 2 nitrogen and oxygen atoms in total. The first-order valence-electron chi connectivity index (χ1n) is 5.47. The first-order chi connectivity index (χ1) is 9.51. The van der Waals surface area contributed by atoms with E-state index < -0.39 is 5.82 Å². The summed E-state index contributed by atoms with van der Waals surface area (Å²) in [6, 6.07) is 9.89. The van der Waals surface area contributed by atoms with Gasteiger partial charge in [-0.1, -0.05) is 22.0 Å². The Kier molecular flexibility index (Phi) is 5.19. The first kappa shape index (κ1) is 15.5. The highest BCUT2D eigenvalue weighted by Crippen LogP contribution is 2.36. The van der Waals surface area contributed by atoms with Gasteiger partial charge in [-0.3, -0.25) is 0 Å². The average molecular weight is 464 g/mol. The zero-order valence-corrected chi connectivity index (χ0v) is 14.7. The van der Waals surface area contributed by atoms with Crippen LogP contribution in [0.15, 0.2) is 43.7 Å². The topological polar surface area (TPSA) is 33.0 Å². The van der Waals surface area contributed by atoms with E-state index in [1.807, 2.05) is 18.2 Å². The van der Waals surface area contributed by atoms with Crippen LogP contribution in [0.5, 0.6) is 5.75 Å². The Morgan fingerprint density at radius 2 is 1.75 bits per heavy atom. The molecule has 0 heterocycles. The van der Waals surface area contributed by atoms with Crippen molar-refractivity contribution >= 4 is 47.8 Å². The van der Waals surface area contributed by atoms with Crippen LogP contribution < -0.4 is 4.74 Å². The Hall–Kier alpha value is -0.900. The molecule has 0 saturated carbocycles. The lowest BCUT2D eigenvalue weighted by Crippen LogP contribution is -2.00. The first-order valence-corrected chi connectivity index (χ1v) is 7.85. The van der Waals surface area contributed by atoms with E-state index in [-0.39, 0.29) is 12.2 Å². The van der Waals surface area contributed by atoms with Gasteiger partial charge in [-0.15, -0.1) is 0 Å². The molecule has 0 N–H and O–H groups in total.